The summed E-state index contributed by atoms with van der Waals surface area (Å²) in [4.78, 5) is 28.8. The molecule has 4 aromatic rings. The van der Waals surface area contributed by atoms with Crippen molar-refractivity contribution >= 4 is 34.5 Å². The van der Waals surface area contributed by atoms with Crippen LogP contribution < -0.4 is 10.2 Å². The quantitative estimate of drug-likeness (QED) is 0.415. The van der Waals surface area contributed by atoms with Crippen LogP contribution in [0.25, 0.3) is 11.1 Å². The molecule has 0 saturated carbocycles. The van der Waals surface area contributed by atoms with Crippen LogP contribution in [0.5, 0.6) is 0 Å². The molecule has 0 saturated heterocycles. The SMILES string of the molecule is Cc1sccc1C(=O)Nc1ccc(C(=O)N2CCc3ccccc3-c3ccccc32)cc1. The van der Waals surface area contributed by atoms with Crippen LogP contribution in [-0.2, 0) is 6.42 Å². The zero-order valence-corrected chi connectivity index (χ0v) is 18.5. The zero-order chi connectivity index (χ0) is 22.1. The van der Waals surface area contributed by atoms with Crippen LogP contribution in [0.2, 0.25) is 0 Å². The summed E-state index contributed by atoms with van der Waals surface area (Å²) in [7, 11) is 0. The molecule has 5 heteroatoms. The molecular weight excluding hydrogens is 416 g/mol. The van der Waals surface area contributed by atoms with Gasteiger partial charge in [0, 0.05) is 28.2 Å². The van der Waals surface area contributed by atoms with Crippen molar-refractivity contribution < 1.29 is 9.59 Å². The number of hydrogen-bond donors (Lipinski definition) is 1. The summed E-state index contributed by atoms with van der Waals surface area (Å²) in [6, 6.07) is 25.3. The molecule has 0 fully saturated rings. The number of carbonyl (C=O) groups excluding carboxylic acids is 2. The molecule has 0 radical (unpaired) electrons. The smallest absolute Gasteiger partial charge is 0.258 e. The number of carbonyl (C=O) groups is 2. The van der Waals surface area contributed by atoms with Gasteiger partial charge >= 0.3 is 0 Å². The predicted molar refractivity (Wildman–Crippen MR) is 131 cm³/mol. The fourth-order valence-corrected chi connectivity index (χ4v) is 4.87. The first-order valence-corrected chi connectivity index (χ1v) is 11.4. The fourth-order valence-electron chi connectivity index (χ4n) is 4.17. The van der Waals surface area contributed by atoms with Gasteiger partial charge in [0.25, 0.3) is 11.8 Å². The lowest BCUT2D eigenvalue weighted by Crippen LogP contribution is -2.32. The van der Waals surface area contributed by atoms with Gasteiger partial charge in [-0.3, -0.25) is 9.59 Å². The van der Waals surface area contributed by atoms with E-state index in [2.05, 4.69) is 23.5 Å². The van der Waals surface area contributed by atoms with Crippen LogP contribution >= 0.6 is 11.3 Å². The molecule has 0 bridgehead atoms. The number of thiophene rings is 1. The molecule has 0 aliphatic carbocycles. The van der Waals surface area contributed by atoms with Crippen molar-refractivity contribution in [3.05, 3.63) is 106 Å². The molecule has 4 nitrogen and oxygen atoms in total. The summed E-state index contributed by atoms with van der Waals surface area (Å²) in [6.07, 6.45) is 0.796. The Morgan fingerprint density at radius 3 is 2.34 bits per heavy atom. The highest BCUT2D eigenvalue weighted by Gasteiger charge is 2.24. The molecule has 158 valence electrons. The molecule has 0 atom stereocenters. The summed E-state index contributed by atoms with van der Waals surface area (Å²) in [5, 5.41) is 4.82. The first kappa shape index (κ1) is 20.2. The van der Waals surface area contributed by atoms with Crippen molar-refractivity contribution in [2.75, 3.05) is 16.8 Å². The maximum Gasteiger partial charge on any atom is 0.258 e. The average molecular weight is 439 g/mol. The molecule has 3 aromatic carbocycles. The molecular formula is C27H22N2O2S. The van der Waals surface area contributed by atoms with Gasteiger partial charge in [-0.05, 0) is 66.2 Å². The van der Waals surface area contributed by atoms with Crippen molar-refractivity contribution in [3.63, 3.8) is 0 Å². The van der Waals surface area contributed by atoms with Gasteiger partial charge in [-0.15, -0.1) is 11.3 Å². The molecule has 32 heavy (non-hydrogen) atoms. The molecule has 1 N–H and O–H groups in total. The van der Waals surface area contributed by atoms with Gasteiger partial charge in [0.1, 0.15) is 0 Å². The number of aryl methyl sites for hydroxylation is 1. The summed E-state index contributed by atoms with van der Waals surface area (Å²) in [6.45, 7) is 2.54. The van der Waals surface area contributed by atoms with Gasteiger partial charge in [0.05, 0.1) is 11.3 Å². The third-order valence-electron chi connectivity index (χ3n) is 5.85. The second-order valence-corrected chi connectivity index (χ2v) is 8.92. The molecule has 1 aromatic heterocycles. The minimum atomic E-state index is -0.137. The van der Waals surface area contributed by atoms with Gasteiger partial charge < -0.3 is 10.2 Å². The monoisotopic (exact) mass is 438 g/mol. The summed E-state index contributed by atoms with van der Waals surface area (Å²) in [5.74, 6) is -0.182. The van der Waals surface area contributed by atoms with Crippen molar-refractivity contribution in [1.82, 2.24) is 0 Å². The van der Waals surface area contributed by atoms with Gasteiger partial charge in [0.15, 0.2) is 0 Å². The Bertz CT molecular complexity index is 1310. The Labute approximate surface area is 191 Å². The largest absolute Gasteiger partial charge is 0.322 e. The zero-order valence-electron chi connectivity index (χ0n) is 17.7. The van der Waals surface area contributed by atoms with Crippen LogP contribution in [0.4, 0.5) is 11.4 Å². The van der Waals surface area contributed by atoms with E-state index >= 15 is 0 Å². The number of rotatable bonds is 3. The highest BCUT2D eigenvalue weighted by molar-refractivity contribution is 7.10. The topological polar surface area (TPSA) is 49.4 Å². The summed E-state index contributed by atoms with van der Waals surface area (Å²) >= 11 is 1.55. The number of anilines is 2. The molecule has 0 spiro atoms. The van der Waals surface area contributed by atoms with Crippen LogP contribution in [0.1, 0.15) is 31.2 Å². The van der Waals surface area contributed by atoms with Gasteiger partial charge in [0.2, 0.25) is 0 Å². The van der Waals surface area contributed by atoms with E-state index < -0.39 is 0 Å². The van der Waals surface area contributed by atoms with Crippen molar-refractivity contribution in [2.45, 2.75) is 13.3 Å². The maximum atomic E-state index is 13.5. The molecule has 2 heterocycles. The maximum absolute atomic E-state index is 13.5. The first-order chi connectivity index (χ1) is 15.6. The molecule has 2 amide bonds. The van der Waals surface area contributed by atoms with E-state index in [9.17, 15) is 9.59 Å². The number of fused-ring (bicyclic) bond motifs is 3. The van der Waals surface area contributed by atoms with Crippen molar-refractivity contribution in [2.24, 2.45) is 0 Å². The normalized spacial score (nSPS) is 12.5. The third-order valence-corrected chi connectivity index (χ3v) is 6.69. The highest BCUT2D eigenvalue weighted by atomic mass is 32.1. The number of para-hydroxylation sites is 1. The van der Waals surface area contributed by atoms with Crippen molar-refractivity contribution in [3.8, 4) is 11.1 Å². The van der Waals surface area contributed by atoms with E-state index in [-0.39, 0.29) is 11.8 Å². The Morgan fingerprint density at radius 2 is 1.59 bits per heavy atom. The molecule has 5 rings (SSSR count). The van der Waals surface area contributed by atoms with Crippen LogP contribution in [0, 0.1) is 6.92 Å². The Hall–Kier alpha value is -3.70. The van der Waals surface area contributed by atoms with E-state index in [1.165, 1.54) is 11.1 Å². The van der Waals surface area contributed by atoms with Crippen molar-refractivity contribution in [1.29, 1.82) is 0 Å². The minimum Gasteiger partial charge on any atom is -0.322 e. The predicted octanol–water partition coefficient (Wildman–Crippen LogP) is 6.18. The van der Waals surface area contributed by atoms with Crippen LogP contribution in [-0.4, -0.2) is 18.4 Å². The lowest BCUT2D eigenvalue weighted by molar-refractivity contribution is 0.0986. The molecule has 1 aliphatic heterocycles. The van der Waals surface area contributed by atoms with E-state index in [1.54, 1.807) is 35.6 Å². The van der Waals surface area contributed by atoms with Gasteiger partial charge in [-0.25, -0.2) is 0 Å². The number of hydrogen-bond acceptors (Lipinski definition) is 3. The standard InChI is InChI=1S/C27H22N2O2S/c1-18-22(15-17-32-18)26(30)28-21-12-10-20(11-13-21)27(31)29-16-14-19-6-2-3-7-23(19)24-8-4-5-9-25(24)29/h2-13,15,17H,14,16H2,1H3,(H,28,30). The average Bonchev–Trinajstić information content (AvgIpc) is 3.18. The third kappa shape index (κ3) is 3.72. The summed E-state index contributed by atoms with van der Waals surface area (Å²) in [5.41, 5.74) is 6.36. The first-order valence-electron chi connectivity index (χ1n) is 10.6. The van der Waals surface area contributed by atoms with E-state index in [1.807, 2.05) is 53.6 Å². The van der Waals surface area contributed by atoms with Crippen LogP contribution in [0.3, 0.4) is 0 Å². The molecule has 1 aliphatic rings. The van der Waals surface area contributed by atoms with E-state index in [0.717, 1.165) is 22.5 Å². The second kappa shape index (κ2) is 8.44. The lowest BCUT2D eigenvalue weighted by Gasteiger charge is -2.23. The number of nitrogens with zero attached hydrogens (tertiary/aromatic N) is 1. The number of benzene rings is 3. The number of nitrogens with one attached hydrogen (secondary N) is 1. The van der Waals surface area contributed by atoms with Gasteiger partial charge in [-0.1, -0.05) is 42.5 Å². The highest BCUT2D eigenvalue weighted by Crippen LogP contribution is 2.36. The van der Waals surface area contributed by atoms with E-state index in [0.29, 0.717) is 23.4 Å². The Morgan fingerprint density at radius 1 is 0.875 bits per heavy atom. The Kier molecular flexibility index (Phi) is 5.33. The second-order valence-electron chi connectivity index (χ2n) is 7.80. The molecule has 0 unspecified atom stereocenters. The van der Waals surface area contributed by atoms with Crippen LogP contribution in [0.15, 0.2) is 84.2 Å². The summed E-state index contributed by atoms with van der Waals surface area (Å²) < 4.78 is 0. The number of amides is 2. The lowest BCUT2D eigenvalue weighted by atomic mass is 9.98. The van der Waals surface area contributed by atoms with Gasteiger partial charge in [-0.2, -0.15) is 0 Å². The Balaban J connectivity index is 1.40. The fraction of sp³-hybridized carbons (Fsp3) is 0.111. The minimum absolute atomic E-state index is 0.0446. The van der Waals surface area contributed by atoms with E-state index in [4.69, 9.17) is 0 Å².